The molecule has 0 saturated heterocycles. The van der Waals surface area contributed by atoms with Crippen molar-refractivity contribution in [2.75, 3.05) is 13.1 Å². The molecule has 1 N–H and O–H groups in total. The zero-order valence-electron chi connectivity index (χ0n) is 16.7. The van der Waals surface area contributed by atoms with Crippen molar-refractivity contribution in [1.29, 1.82) is 0 Å². The van der Waals surface area contributed by atoms with Gasteiger partial charge in [-0.15, -0.1) is 6.58 Å². The lowest BCUT2D eigenvalue weighted by atomic mass is 10.1. The first kappa shape index (κ1) is 22.3. The number of amides is 2. The quantitative estimate of drug-likeness (QED) is 0.690. The van der Waals surface area contributed by atoms with Gasteiger partial charge in [0, 0.05) is 13.1 Å². The van der Waals surface area contributed by atoms with Crippen molar-refractivity contribution in [1.82, 2.24) is 10.2 Å². The van der Waals surface area contributed by atoms with E-state index in [1.807, 2.05) is 30.3 Å². The van der Waals surface area contributed by atoms with E-state index < -0.39 is 23.8 Å². The molecule has 0 aromatic heterocycles. The summed E-state index contributed by atoms with van der Waals surface area (Å²) in [5.41, 5.74) is 0.975. The van der Waals surface area contributed by atoms with Gasteiger partial charge in [-0.1, -0.05) is 48.6 Å². The van der Waals surface area contributed by atoms with Crippen LogP contribution in [0.1, 0.15) is 33.3 Å². The number of rotatable bonds is 8. The Labute approximate surface area is 161 Å². The molecule has 0 heterocycles. The van der Waals surface area contributed by atoms with Crippen LogP contribution in [-0.4, -0.2) is 41.8 Å². The molecule has 0 unspecified atom stereocenters. The minimum Gasteiger partial charge on any atom is -0.445 e. The van der Waals surface area contributed by atoms with Gasteiger partial charge in [-0.2, -0.15) is 0 Å². The molecule has 2 amide bonds. The fourth-order valence-electron chi connectivity index (χ4n) is 2.16. The summed E-state index contributed by atoms with van der Waals surface area (Å²) >= 11 is 0. The Kier molecular flexibility index (Phi) is 8.59. The van der Waals surface area contributed by atoms with E-state index in [1.54, 1.807) is 33.8 Å². The van der Waals surface area contributed by atoms with E-state index in [1.165, 1.54) is 4.90 Å². The van der Waals surface area contributed by atoms with Crippen molar-refractivity contribution in [2.45, 2.75) is 45.9 Å². The van der Waals surface area contributed by atoms with Crippen LogP contribution < -0.4 is 5.32 Å². The van der Waals surface area contributed by atoms with Crippen molar-refractivity contribution in [3.8, 4) is 0 Å². The van der Waals surface area contributed by atoms with E-state index in [0.29, 0.717) is 12.1 Å². The van der Waals surface area contributed by atoms with Crippen molar-refractivity contribution in [2.24, 2.45) is 0 Å². The van der Waals surface area contributed by atoms with Gasteiger partial charge in [0.15, 0.2) is 0 Å². The van der Waals surface area contributed by atoms with Gasteiger partial charge in [-0.05, 0) is 33.3 Å². The molecule has 0 saturated carbocycles. The summed E-state index contributed by atoms with van der Waals surface area (Å²) in [5, 5.41) is 2.75. The number of carbonyl (C=O) groups is 2. The molecule has 6 nitrogen and oxygen atoms in total. The average molecular weight is 374 g/mol. The third kappa shape index (κ3) is 8.94. The van der Waals surface area contributed by atoms with Crippen LogP contribution in [0.3, 0.4) is 0 Å². The van der Waals surface area contributed by atoms with Crippen LogP contribution in [0.2, 0.25) is 0 Å². The van der Waals surface area contributed by atoms with Crippen molar-refractivity contribution in [3.63, 3.8) is 0 Å². The second-order valence-corrected chi connectivity index (χ2v) is 7.28. The number of nitrogens with one attached hydrogen (secondary N) is 1. The second-order valence-electron chi connectivity index (χ2n) is 7.28. The number of hydrogen-bond acceptors (Lipinski definition) is 4. The van der Waals surface area contributed by atoms with Crippen LogP contribution in [0.25, 0.3) is 0 Å². The van der Waals surface area contributed by atoms with Crippen molar-refractivity contribution in [3.05, 3.63) is 60.7 Å². The topological polar surface area (TPSA) is 67.9 Å². The standard InChI is InChI=1S/C21H30N2O4/c1-7-13-23(20(25)27-21(4,5)6)14-18(16(2)3)22-19(24)26-15-17-11-9-8-10-12-17/h7-12,18H,1-2,13-15H2,3-6H3,(H,22,24)/t18-/m1/s1. The van der Waals surface area contributed by atoms with Gasteiger partial charge in [-0.3, -0.25) is 0 Å². The first-order chi connectivity index (χ1) is 12.6. The third-order valence-corrected chi connectivity index (χ3v) is 3.50. The Hall–Kier alpha value is -2.76. The lowest BCUT2D eigenvalue weighted by Gasteiger charge is -2.30. The molecular formula is C21H30N2O4. The number of hydrogen-bond donors (Lipinski definition) is 1. The summed E-state index contributed by atoms with van der Waals surface area (Å²) in [6.45, 7) is 15.4. The summed E-state index contributed by atoms with van der Waals surface area (Å²) in [6.07, 6.45) is 0.551. The smallest absolute Gasteiger partial charge is 0.410 e. The predicted octanol–water partition coefficient (Wildman–Crippen LogP) is 4.28. The lowest BCUT2D eigenvalue weighted by Crippen LogP contribution is -2.47. The molecule has 1 aromatic carbocycles. The first-order valence-corrected chi connectivity index (χ1v) is 8.84. The maximum atomic E-state index is 12.4. The first-order valence-electron chi connectivity index (χ1n) is 8.84. The zero-order valence-corrected chi connectivity index (χ0v) is 16.7. The van der Waals surface area contributed by atoms with Crippen molar-refractivity contribution >= 4 is 12.2 Å². The number of benzene rings is 1. The third-order valence-electron chi connectivity index (χ3n) is 3.50. The largest absolute Gasteiger partial charge is 0.445 e. The van der Waals surface area contributed by atoms with Crippen LogP contribution >= 0.6 is 0 Å². The minimum absolute atomic E-state index is 0.165. The van der Waals surface area contributed by atoms with Crippen LogP contribution in [0, 0.1) is 0 Å². The summed E-state index contributed by atoms with van der Waals surface area (Å²) in [7, 11) is 0. The van der Waals surface area contributed by atoms with Gasteiger partial charge in [0.2, 0.25) is 0 Å². The highest BCUT2D eigenvalue weighted by Gasteiger charge is 2.25. The van der Waals surface area contributed by atoms with Crippen LogP contribution in [0.5, 0.6) is 0 Å². The van der Waals surface area contributed by atoms with E-state index in [4.69, 9.17) is 9.47 Å². The lowest BCUT2D eigenvalue weighted by molar-refractivity contribution is 0.0259. The van der Waals surface area contributed by atoms with Crippen LogP contribution in [0.15, 0.2) is 55.1 Å². The Morgan fingerprint density at radius 1 is 1.26 bits per heavy atom. The van der Waals surface area contributed by atoms with E-state index in [-0.39, 0.29) is 13.2 Å². The molecule has 0 radical (unpaired) electrons. The molecule has 0 aliphatic carbocycles. The van der Waals surface area contributed by atoms with Gasteiger partial charge in [0.1, 0.15) is 12.2 Å². The number of alkyl carbamates (subject to hydrolysis) is 1. The fourth-order valence-corrected chi connectivity index (χ4v) is 2.16. The van der Waals surface area contributed by atoms with E-state index in [2.05, 4.69) is 18.5 Å². The summed E-state index contributed by atoms with van der Waals surface area (Å²) < 4.78 is 10.7. The molecule has 1 rings (SSSR count). The van der Waals surface area contributed by atoms with Crippen molar-refractivity contribution < 1.29 is 19.1 Å². The van der Waals surface area contributed by atoms with E-state index in [0.717, 1.165) is 5.56 Å². The molecular weight excluding hydrogens is 344 g/mol. The number of ether oxygens (including phenoxy) is 2. The minimum atomic E-state index is -0.614. The van der Waals surface area contributed by atoms with Crippen LogP contribution in [-0.2, 0) is 16.1 Å². The SMILES string of the molecule is C=CCN(C[C@@H](NC(=O)OCc1ccccc1)C(=C)C)C(=O)OC(C)(C)C. The Morgan fingerprint density at radius 2 is 1.89 bits per heavy atom. The monoisotopic (exact) mass is 374 g/mol. The summed E-state index contributed by atoms with van der Waals surface area (Å²) in [5.74, 6) is 0. The van der Waals surface area contributed by atoms with Gasteiger partial charge < -0.3 is 19.7 Å². The molecule has 1 atom stereocenters. The average Bonchev–Trinajstić information content (AvgIpc) is 2.58. The fraction of sp³-hybridized carbons (Fsp3) is 0.429. The van der Waals surface area contributed by atoms with Gasteiger partial charge >= 0.3 is 12.2 Å². The molecule has 0 bridgehead atoms. The zero-order chi connectivity index (χ0) is 20.4. The molecule has 1 aromatic rings. The second kappa shape index (κ2) is 10.4. The van der Waals surface area contributed by atoms with E-state index in [9.17, 15) is 9.59 Å². The predicted molar refractivity (Wildman–Crippen MR) is 106 cm³/mol. The van der Waals surface area contributed by atoms with Crippen LogP contribution in [0.4, 0.5) is 9.59 Å². The number of carbonyl (C=O) groups excluding carboxylic acids is 2. The summed E-state index contributed by atoms with van der Waals surface area (Å²) in [4.78, 5) is 26.0. The molecule has 6 heteroatoms. The maximum absolute atomic E-state index is 12.4. The highest BCUT2D eigenvalue weighted by atomic mass is 16.6. The molecule has 0 aliphatic rings. The Balaban J connectivity index is 2.68. The molecule has 0 fully saturated rings. The Bertz CT molecular complexity index is 650. The molecule has 0 aliphatic heterocycles. The highest BCUT2D eigenvalue weighted by molar-refractivity contribution is 5.70. The molecule has 27 heavy (non-hydrogen) atoms. The molecule has 0 spiro atoms. The maximum Gasteiger partial charge on any atom is 0.410 e. The highest BCUT2D eigenvalue weighted by Crippen LogP contribution is 2.12. The summed E-state index contributed by atoms with van der Waals surface area (Å²) in [6, 6.07) is 8.92. The number of nitrogens with zero attached hydrogens (tertiary/aromatic N) is 1. The molecule has 148 valence electrons. The normalized spacial score (nSPS) is 11.9. The van der Waals surface area contributed by atoms with E-state index >= 15 is 0 Å². The van der Waals surface area contributed by atoms with Gasteiger partial charge in [0.05, 0.1) is 6.04 Å². The Morgan fingerprint density at radius 3 is 2.41 bits per heavy atom. The van der Waals surface area contributed by atoms with Gasteiger partial charge in [0.25, 0.3) is 0 Å². The van der Waals surface area contributed by atoms with Gasteiger partial charge in [-0.25, -0.2) is 9.59 Å².